The van der Waals surface area contributed by atoms with Crippen LogP contribution in [0.2, 0.25) is 5.02 Å². The van der Waals surface area contributed by atoms with Gasteiger partial charge in [-0.3, -0.25) is 9.55 Å². The van der Waals surface area contributed by atoms with Crippen molar-refractivity contribution >= 4 is 23.4 Å². The molecule has 0 aliphatic carbocycles. The smallest absolute Gasteiger partial charge is 0.196 e. The van der Waals surface area contributed by atoms with E-state index in [0.29, 0.717) is 27.3 Å². The highest BCUT2D eigenvalue weighted by atomic mass is 35.5. The number of rotatable bonds is 5. The van der Waals surface area contributed by atoms with Crippen molar-refractivity contribution < 1.29 is 8.78 Å². The molecule has 2 aromatic carbocycles. The van der Waals surface area contributed by atoms with E-state index in [1.165, 1.54) is 23.9 Å². The molecule has 0 saturated carbocycles. The molecule has 0 aliphatic rings. The molecule has 0 N–H and O–H groups in total. The molecule has 0 fully saturated rings. The Morgan fingerprint density at radius 1 is 0.964 bits per heavy atom. The van der Waals surface area contributed by atoms with Gasteiger partial charge in [0.15, 0.2) is 11.0 Å². The van der Waals surface area contributed by atoms with Crippen LogP contribution in [-0.2, 0) is 5.75 Å². The molecule has 0 spiro atoms. The van der Waals surface area contributed by atoms with E-state index in [1.54, 1.807) is 24.5 Å². The van der Waals surface area contributed by atoms with Gasteiger partial charge >= 0.3 is 0 Å². The first-order chi connectivity index (χ1) is 13.6. The second-order valence-corrected chi connectivity index (χ2v) is 7.31. The zero-order valence-electron chi connectivity index (χ0n) is 14.4. The Kier molecular flexibility index (Phi) is 5.36. The lowest BCUT2D eigenvalue weighted by molar-refractivity contribution is 0.581. The van der Waals surface area contributed by atoms with Crippen molar-refractivity contribution in [3.63, 3.8) is 0 Å². The number of nitrogens with zero attached hydrogens (tertiary/aromatic N) is 4. The third-order valence-corrected chi connectivity index (χ3v) is 5.14. The van der Waals surface area contributed by atoms with Gasteiger partial charge in [-0.25, -0.2) is 8.78 Å². The molecular weight excluding hydrogens is 402 g/mol. The fraction of sp³-hybridized carbons (Fsp3) is 0.0500. The minimum Gasteiger partial charge on any atom is -0.270 e. The number of halogens is 3. The number of aromatic nitrogens is 4. The molecule has 4 aromatic rings. The van der Waals surface area contributed by atoms with Crippen molar-refractivity contribution in [2.45, 2.75) is 10.9 Å². The monoisotopic (exact) mass is 414 g/mol. The summed E-state index contributed by atoms with van der Waals surface area (Å²) in [4.78, 5) is 4.14. The van der Waals surface area contributed by atoms with E-state index in [2.05, 4.69) is 15.2 Å². The summed E-state index contributed by atoms with van der Waals surface area (Å²) in [6.07, 6.45) is 3.37. The quantitative estimate of drug-likeness (QED) is 0.401. The Bertz CT molecular complexity index is 1100. The van der Waals surface area contributed by atoms with Gasteiger partial charge in [-0.1, -0.05) is 29.4 Å². The van der Waals surface area contributed by atoms with Crippen molar-refractivity contribution in [3.8, 4) is 17.1 Å². The lowest BCUT2D eigenvalue weighted by Gasteiger charge is -2.11. The molecule has 0 atom stereocenters. The summed E-state index contributed by atoms with van der Waals surface area (Å²) in [5, 5.41) is 9.73. The van der Waals surface area contributed by atoms with E-state index in [4.69, 9.17) is 11.6 Å². The standard InChI is InChI=1S/C20H13ClF2N4S/c21-15-4-1-5-18(9-15)27-19(14-3-2-6-24-11-14)25-26-20(27)28-12-13-7-16(22)10-17(23)8-13/h1-11H,12H2. The van der Waals surface area contributed by atoms with Crippen LogP contribution in [0.15, 0.2) is 72.1 Å². The largest absolute Gasteiger partial charge is 0.270 e. The minimum atomic E-state index is -0.608. The molecule has 140 valence electrons. The summed E-state index contributed by atoms with van der Waals surface area (Å²) >= 11 is 7.49. The van der Waals surface area contributed by atoms with E-state index < -0.39 is 11.6 Å². The molecule has 0 saturated heterocycles. The van der Waals surface area contributed by atoms with Crippen molar-refractivity contribution in [2.75, 3.05) is 0 Å². The predicted molar refractivity (Wildman–Crippen MR) is 106 cm³/mol. The fourth-order valence-electron chi connectivity index (χ4n) is 2.74. The van der Waals surface area contributed by atoms with Crippen LogP contribution in [0.25, 0.3) is 17.1 Å². The van der Waals surface area contributed by atoms with Crippen LogP contribution < -0.4 is 0 Å². The molecule has 4 nitrogen and oxygen atoms in total. The van der Waals surface area contributed by atoms with Crippen LogP contribution in [0.4, 0.5) is 8.78 Å². The summed E-state index contributed by atoms with van der Waals surface area (Å²) in [6, 6.07) is 14.5. The molecule has 8 heteroatoms. The van der Waals surface area contributed by atoms with E-state index in [0.717, 1.165) is 17.3 Å². The normalized spacial score (nSPS) is 11.0. The van der Waals surface area contributed by atoms with Gasteiger partial charge in [-0.2, -0.15) is 0 Å². The number of hydrogen-bond donors (Lipinski definition) is 0. The first-order valence-corrected chi connectivity index (χ1v) is 9.66. The van der Waals surface area contributed by atoms with E-state index in [-0.39, 0.29) is 0 Å². The van der Waals surface area contributed by atoms with Gasteiger partial charge in [0.25, 0.3) is 0 Å². The van der Waals surface area contributed by atoms with Gasteiger partial charge in [-0.05, 0) is 48.0 Å². The van der Waals surface area contributed by atoms with Crippen molar-refractivity contribution in [2.24, 2.45) is 0 Å². The second-order valence-electron chi connectivity index (χ2n) is 5.93. The van der Waals surface area contributed by atoms with Gasteiger partial charge in [-0.15, -0.1) is 10.2 Å². The highest BCUT2D eigenvalue weighted by Crippen LogP contribution is 2.30. The molecule has 4 rings (SSSR count). The maximum atomic E-state index is 13.5. The topological polar surface area (TPSA) is 43.6 Å². The van der Waals surface area contributed by atoms with E-state index in [9.17, 15) is 8.78 Å². The highest BCUT2D eigenvalue weighted by molar-refractivity contribution is 7.98. The SMILES string of the molecule is Fc1cc(F)cc(CSc2nnc(-c3cccnc3)n2-c2cccc(Cl)c2)c1. The van der Waals surface area contributed by atoms with Crippen molar-refractivity contribution in [1.82, 2.24) is 19.7 Å². The average Bonchev–Trinajstić information content (AvgIpc) is 3.10. The van der Waals surface area contributed by atoms with E-state index in [1.807, 2.05) is 28.8 Å². The Morgan fingerprint density at radius 3 is 2.50 bits per heavy atom. The molecular formula is C20H13ClF2N4S. The molecule has 0 radical (unpaired) electrons. The van der Waals surface area contributed by atoms with Crippen LogP contribution in [0.1, 0.15) is 5.56 Å². The van der Waals surface area contributed by atoms with Crippen LogP contribution in [0, 0.1) is 11.6 Å². The second kappa shape index (κ2) is 8.08. The van der Waals surface area contributed by atoms with Crippen molar-refractivity contribution in [1.29, 1.82) is 0 Å². The van der Waals surface area contributed by atoms with Gasteiger partial charge < -0.3 is 0 Å². The van der Waals surface area contributed by atoms with Crippen LogP contribution in [-0.4, -0.2) is 19.7 Å². The van der Waals surface area contributed by atoms with Gasteiger partial charge in [0.1, 0.15) is 11.6 Å². The van der Waals surface area contributed by atoms with Gasteiger partial charge in [0.2, 0.25) is 0 Å². The molecule has 0 amide bonds. The Balaban J connectivity index is 1.74. The third-order valence-electron chi connectivity index (χ3n) is 3.91. The molecule has 2 aromatic heterocycles. The summed E-state index contributed by atoms with van der Waals surface area (Å²) in [7, 11) is 0. The van der Waals surface area contributed by atoms with E-state index >= 15 is 0 Å². The molecule has 0 aliphatic heterocycles. The number of hydrogen-bond acceptors (Lipinski definition) is 4. The maximum Gasteiger partial charge on any atom is 0.196 e. The first-order valence-electron chi connectivity index (χ1n) is 8.30. The minimum absolute atomic E-state index is 0.334. The number of thioether (sulfide) groups is 1. The predicted octanol–water partition coefficient (Wildman–Crippen LogP) is 5.55. The fourth-order valence-corrected chi connectivity index (χ4v) is 3.80. The molecule has 0 bridgehead atoms. The maximum absolute atomic E-state index is 13.5. The Morgan fingerprint density at radius 2 is 1.79 bits per heavy atom. The lowest BCUT2D eigenvalue weighted by Crippen LogP contribution is -2.00. The number of pyridine rings is 1. The Labute approximate surface area is 169 Å². The van der Waals surface area contributed by atoms with Gasteiger partial charge in [0.05, 0.1) is 5.69 Å². The summed E-state index contributed by atoms with van der Waals surface area (Å²) in [5.74, 6) is -0.283. The van der Waals surface area contributed by atoms with Gasteiger partial charge in [0, 0.05) is 34.8 Å². The first kappa shape index (κ1) is 18.6. The Hall–Kier alpha value is -2.77. The summed E-state index contributed by atoms with van der Waals surface area (Å²) < 4.78 is 28.8. The van der Waals surface area contributed by atoms with Crippen LogP contribution in [0.3, 0.4) is 0 Å². The van der Waals surface area contributed by atoms with Crippen LogP contribution >= 0.6 is 23.4 Å². The van der Waals surface area contributed by atoms with Crippen LogP contribution in [0.5, 0.6) is 0 Å². The average molecular weight is 415 g/mol. The van der Waals surface area contributed by atoms with Crippen molar-refractivity contribution in [3.05, 3.63) is 89.2 Å². The summed E-state index contributed by atoms with van der Waals surface area (Å²) in [6.45, 7) is 0. The lowest BCUT2D eigenvalue weighted by atomic mass is 10.2. The third kappa shape index (κ3) is 4.05. The molecule has 0 unspecified atom stereocenters. The highest BCUT2D eigenvalue weighted by Gasteiger charge is 2.17. The molecule has 28 heavy (non-hydrogen) atoms. The zero-order valence-corrected chi connectivity index (χ0v) is 16.0. The summed E-state index contributed by atoms with van der Waals surface area (Å²) in [5.41, 5.74) is 2.09. The number of benzene rings is 2. The zero-order chi connectivity index (χ0) is 19.5. The molecule has 2 heterocycles.